The molecule has 0 aliphatic heterocycles. The van der Waals surface area contributed by atoms with Crippen LogP contribution in [0.2, 0.25) is 0 Å². The quantitative estimate of drug-likeness (QED) is 0.629. The minimum atomic E-state index is 0.508. The average Bonchev–Trinajstić information content (AvgIpc) is 2.49. The number of nitrogens with zero attached hydrogens (tertiary/aromatic N) is 3. The number of hydrogen-bond acceptors (Lipinski definition) is 4. The maximum atomic E-state index is 5.63. The van der Waals surface area contributed by atoms with E-state index < -0.39 is 0 Å². The van der Waals surface area contributed by atoms with Crippen LogP contribution in [-0.4, -0.2) is 21.7 Å². The van der Waals surface area contributed by atoms with Gasteiger partial charge in [-0.15, -0.1) is 0 Å². The van der Waals surface area contributed by atoms with Gasteiger partial charge in [-0.1, -0.05) is 0 Å². The molecule has 2 rings (SSSR count). The molecule has 0 radical (unpaired) electrons. The Bertz CT molecular complexity index is 405. The van der Waals surface area contributed by atoms with Crippen molar-refractivity contribution in [3.63, 3.8) is 0 Å². The van der Waals surface area contributed by atoms with E-state index in [9.17, 15) is 0 Å². The summed E-state index contributed by atoms with van der Waals surface area (Å²) in [6, 6.07) is 1.88. The van der Waals surface area contributed by atoms with Crippen molar-refractivity contribution in [3.8, 4) is 0 Å². The highest BCUT2D eigenvalue weighted by molar-refractivity contribution is 5.86. The third kappa shape index (κ3) is 0.795. The first-order valence-electron chi connectivity index (χ1n) is 3.58. The maximum Gasteiger partial charge on any atom is 0.163 e. The molecule has 5 nitrogen and oxygen atoms in total. The van der Waals surface area contributed by atoms with E-state index in [1.165, 1.54) is 6.33 Å². The van der Waals surface area contributed by atoms with Gasteiger partial charge >= 0.3 is 0 Å². The monoisotopic (exact) mass is 163 g/mol. The molecule has 0 aromatic carbocycles. The fourth-order valence-electron chi connectivity index (χ4n) is 1.15. The van der Waals surface area contributed by atoms with Gasteiger partial charge in [-0.3, -0.25) is 0 Å². The molecule has 2 aromatic heterocycles. The molecule has 0 amide bonds. The lowest BCUT2D eigenvalue weighted by molar-refractivity contribution is 0.952. The van der Waals surface area contributed by atoms with Crippen LogP contribution in [0.15, 0.2) is 18.6 Å². The van der Waals surface area contributed by atoms with Gasteiger partial charge in [0.1, 0.15) is 12.1 Å². The predicted octanol–water partition coefficient (Wildman–Crippen LogP) is 0.187. The summed E-state index contributed by atoms with van der Waals surface area (Å²) in [5.74, 6) is 0.508. The number of rotatable bonds is 1. The van der Waals surface area contributed by atoms with E-state index in [1.807, 2.05) is 19.3 Å². The van der Waals surface area contributed by atoms with E-state index in [-0.39, 0.29) is 0 Å². The second kappa shape index (κ2) is 2.37. The van der Waals surface area contributed by atoms with Crippen LogP contribution >= 0.6 is 0 Å². The van der Waals surface area contributed by atoms with Crippen LogP contribution in [0.5, 0.6) is 0 Å². The number of aromatic nitrogens is 3. The van der Waals surface area contributed by atoms with Gasteiger partial charge in [0.15, 0.2) is 5.65 Å². The summed E-state index contributed by atoms with van der Waals surface area (Å²) in [4.78, 5) is 7.96. The Labute approximate surface area is 69.2 Å². The zero-order valence-corrected chi connectivity index (χ0v) is 6.65. The van der Waals surface area contributed by atoms with Crippen LogP contribution in [-0.2, 0) is 0 Å². The Morgan fingerprint density at radius 3 is 3.08 bits per heavy atom. The Kier molecular flexibility index (Phi) is 1.36. The van der Waals surface area contributed by atoms with Gasteiger partial charge in [0, 0.05) is 13.2 Å². The summed E-state index contributed by atoms with van der Waals surface area (Å²) in [7, 11) is 1.82. The van der Waals surface area contributed by atoms with E-state index in [1.54, 1.807) is 4.68 Å². The summed E-state index contributed by atoms with van der Waals surface area (Å²) in [5.41, 5.74) is 9.38. The van der Waals surface area contributed by atoms with E-state index >= 15 is 0 Å². The van der Waals surface area contributed by atoms with Crippen molar-refractivity contribution in [2.45, 2.75) is 0 Å². The normalized spacial score (nSPS) is 10.4. The second-order valence-corrected chi connectivity index (χ2v) is 2.41. The second-order valence-electron chi connectivity index (χ2n) is 2.41. The molecule has 0 aliphatic carbocycles. The van der Waals surface area contributed by atoms with E-state index in [4.69, 9.17) is 5.73 Å². The van der Waals surface area contributed by atoms with Crippen molar-refractivity contribution in [1.29, 1.82) is 0 Å². The molecule has 3 N–H and O–H groups in total. The first kappa shape index (κ1) is 6.90. The highest BCUT2D eigenvalue weighted by atomic mass is 15.4. The van der Waals surface area contributed by atoms with E-state index in [2.05, 4.69) is 15.4 Å². The zero-order valence-electron chi connectivity index (χ0n) is 6.65. The van der Waals surface area contributed by atoms with Crippen molar-refractivity contribution in [2.24, 2.45) is 0 Å². The number of anilines is 1. The standard InChI is InChI=1S/C7H9N5/c1-9-12-3-2-5-6(8)10-4-11-7(5)12/h2-4,9H,1H3,(H2,8,10,11). The summed E-state index contributed by atoms with van der Waals surface area (Å²) >= 11 is 0. The van der Waals surface area contributed by atoms with Crippen molar-refractivity contribution in [3.05, 3.63) is 18.6 Å². The van der Waals surface area contributed by atoms with Gasteiger partial charge in [0.2, 0.25) is 0 Å². The Balaban J connectivity index is 2.80. The molecule has 12 heavy (non-hydrogen) atoms. The van der Waals surface area contributed by atoms with Crippen molar-refractivity contribution >= 4 is 16.9 Å². The smallest absolute Gasteiger partial charge is 0.163 e. The van der Waals surface area contributed by atoms with Crippen LogP contribution in [0.1, 0.15) is 0 Å². The third-order valence-electron chi connectivity index (χ3n) is 1.75. The lowest BCUT2D eigenvalue weighted by Crippen LogP contribution is -2.07. The Morgan fingerprint density at radius 1 is 1.50 bits per heavy atom. The molecule has 5 heteroatoms. The number of hydrogen-bond donors (Lipinski definition) is 2. The molecule has 62 valence electrons. The minimum absolute atomic E-state index is 0.508. The molecule has 0 spiro atoms. The topological polar surface area (TPSA) is 68.8 Å². The summed E-state index contributed by atoms with van der Waals surface area (Å²) in [6.45, 7) is 0. The van der Waals surface area contributed by atoms with Crippen molar-refractivity contribution < 1.29 is 0 Å². The summed E-state index contributed by atoms with van der Waals surface area (Å²) in [6.07, 6.45) is 3.31. The van der Waals surface area contributed by atoms with E-state index in [0.717, 1.165) is 11.0 Å². The van der Waals surface area contributed by atoms with Gasteiger partial charge in [0.25, 0.3) is 0 Å². The first-order valence-corrected chi connectivity index (χ1v) is 3.58. The molecule has 0 unspecified atom stereocenters. The highest BCUT2D eigenvalue weighted by Crippen LogP contribution is 2.15. The zero-order chi connectivity index (χ0) is 8.55. The van der Waals surface area contributed by atoms with Gasteiger partial charge in [-0.2, -0.15) is 0 Å². The van der Waals surface area contributed by atoms with Crippen LogP contribution in [0.4, 0.5) is 5.82 Å². The van der Waals surface area contributed by atoms with Crippen LogP contribution < -0.4 is 11.2 Å². The summed E-state index contributed by atoms with van der Waals surface area (Å²) in [5, 5.41) is 0.867. The minimum Gasteiger partial charge on any atom is -0.383 e. The summed E-state index contributed by atoms with van der Waals surface area (Å²) < 4.78 is 1.79. The SMILES string of the molecule is CNn1ccc2c(N)ncnc21. The number of nitrogen functional groups attached to an aromatic ring is 1. The molecule has 0 aliphatic rings. The number of nitrogens with one attached hydrogen (secondary N) is 1. The molecule has 2 aromatic rings. The molecular formula is C7H9N5. The number of fused-ring (bicyclic) bond motifs is 1. The van der Waals surface area contributed by atoms with Gasteiger partial charge < -0.3 is 11.2 Å². The van der Waals surface area contributed by atoms with Crippen molar-refractivity contribution in [1.82, 2.24) is 14.6 Å². The lowest BCUT2D eigenvalue weighted by atomic mass is 10.4. The highest BCUT2D eigenvalue weighted by Gasteiger charge is 2.03. The van der Waals surface area contributed by atoms with Crippen molar-refractivity contribution in [2.75, 3.05) is 18.2 Å². The Hall–Kier alpha value is -1.78. The first-order chi connectivity index (χ1) is 5.83. The van der Waals surface area contributed by atoms with Gasteiger partial charge in [-0.05, 0) is 6.07 Å². The van der Waals surface area contributed by atoms with Gasteiger partial charge in [-0.25, -0.2) is 14.6 Å². The Morgan fingerprint density at radius 2 is 2.33 bits per heavy atom. The molecule has 0 bridgehead atoms. The molecule has 0 fully saturated rings. The fraction of sp³-hybridized carbons (Fsp3) is 0.143. The van der Waals surface area contributed by atoms with Gasteiger partial charge in [0.05, 0.1) is 5.39 Å². The van der Waals surface area contributed by atoms with Crippen LogP contribution in [0.25, 0.3) is 11.0 Å². The molecule has 0 saturated heterocycles. The largest absolute Gasteiger partial charge is 0.383 e. The molecule has 2 heterocycles. The molecule has 0 saturated carbocycles. The predicted molar refractivity (Wildman–Crippen MR) is 47.2 cm³/mol. The van der Waals surface area contributed by atoms with Crippen LogP contribution in [0, 0.1) is 0 Å². The maximum absolute atomic E-state index is 5.63. The molecular weight excluding hydrogens is 154 g/mol. The van der Waals surface area contributed by atoms with E-state index in [0.29, 0.717) is 5.82 Å². The van der Waals surface area contributed by atoms with Crippen LogP contribution in [0.3, 0.4) is 0 Å². The average molecular weight is 163 g/mol. The number of nitrogens with two attached hydrogens (primary N) is 1. The third-order valence-corrected chi connectivity index (χ3v) is 1.75. The fourth-order valence-corrected chi connectivity index (χ4v) is 1.15. The lowest BCUT2D eigenvalue weighted by Gasteiger charge is -2.01. The molecule has 0 atom stereocenters.